The third kappa shape index (κ3) is 2.84. The van der Waals surface area contributed by atoms with Crippen molar-refractivity contribution < 1.29 is 4.79 Å². The van der Waals surface area contributed by atoms with Crippen LogP contribution in [0.2, 0.25) is 0 Å². The predicted octanol–water partition coefficient (Wildman–Crippen LogP) is 4.38. The highest BCUT2D eigenvalue weighted by molar-refractivity contribution is 6.10. The van der Waals surface area contributed by atoms with Gasteiger partial charge in [0.25, 0.3) is 0 Å². The van der Waals surface area contributed by atoms with Crippen LogP contribution in [0.15, 0.2) is 78.9 Å². The molecule has 3 heteroatoms. The van der Waals surface area contributed by atoms with E-state index in [1.807, 2.05) is 66.7 Å². The van der Waals surface area contributed by atoms with Crippen molar-refractivity contribution in [3.63, 3.8) is 0 Å². The number of rotatable bonds is 4. The topological polar surface area (TPSA) is 45.8 Å². The van der Waals surface area contributed by atoms with Crippen LogP contribution >= 0.6 is 0 Å². The Morgan fingerprint density at radius 3 is 2.29 bits per heavy atom. The molecule has 0 bridgehead atoms. The van der Waals surface area contributed by atoms with Crippen LogP contribution in [0.3, 0.4) is 0 Å². The molecule has 0 aliphatic carbocycles. The molecule has 3 aromatic carbocycles. The molecule has 24 heavy (non-hydrogen) atoms. The summed E-state index contributed by atoms with van der Waals surface area (Å²) >= 11 is 0. The summed E-state index contributed by atoms with van der Waals surface area (Å²) in [7, 11) is 0. The Morgan fingerprint density at radius 2 is 1.54 bits per heavy atom. The second-order valence-corrected chi connectivity index (χ2v) is 5.77. The number of ketones is 1. The van der Waals surface area contributed by atoms with Crippen molar-refractivity contribution >= 4 is 16.8 Å². The summed E-state index contributed by atoms with van der Waals surface area (Å²) < 4.78 is 0. The minimum Gasteiger partial charge on any atom is -0.342 e. The number of nitrogens with one attached hydrogen (secondary N) is 1. The van der Waals surface area contributed by atoms with Crippen molar-refractivity contribution in [1.82, 2.24) is 9.97 Å². The maximum atomic E-state index is 12.6. The Labute approximate surface area is 140 Å². The number of hydrogen-bond donors (Lipinski definition) is 1. The van der Waals surface area contributed by atoms with E-state index < -0.39 is 0 Å². The van der Waals surface area contributed by atoms with E-state index in [1.165, 1.54) is 5.56 Å². The summed E-state index contributed by atoms with van der Waals surface area (Å²) in [5.41, 5.74) is 4.34. The Hall–Kier alpha value is -3.20. The molecule has 0 spiro atoms. The van der Waals surface area contributed by atoms with Gasteiger partial charge in [-0.1, -0.05) is 60.7 Å². The molecule has 3 nitrogen and oxygen atoms in total. The van der Waals surface area contributed by atoms with Gasteiger partial charge in [-0.15, -0.1) is 0 Å². The molecule has 0 aliphatic heterocycles. The van der Waals surface area contributed by atoms with Crippen molar-refractivity contribution in [1.29, 1.82) is 0 Å². The van der Waals surface area contributed by atoms with Crippen molar-refractivity contribution in [2.45, 2.75) is 6.42 Å². The second-order valence-electron chi connectivity index (χ2n) is 5.77. The monoisotopic (exact) mass is 312 g/mol. The smallest absolute Gasteiger partial charge is 0.193 e. The van der Waals surface area contributed by atoms with Crippen LogP contribution in [0.5, 0.6) is 0 Å². The van der Waals surface area contributed by atoms with Crippen LogP contribution in [-0.2, 0) is 6.42 Å². The zero-order valence-electron chi connectivity index (χ0n) is 13.1. The summed E-state index contributed by atoms with van der Waals surface area (Å²) in [4.78, 5) is 20.5. The van der Waals surface area contributed by atoms with Gasteiger partial charge in [0.05, 0.1) is 11.0 Å². The lowest BCUT2D eigenvalue weighted by molar-refractivity contribution is 0.103. The lowest BCUT2D eigenvalue weighted by atomic mass is 10.0. The maximum Gasteiger partial charge on any atom is 0.193 e. The van der Waals surface area contributed by atoms with Gasteiger partial charge in [0, 0.05) is 17.5 Å². The largest absolute Gasteiger partial charge is 0.342 e. The van der Waals surface area contributed by atoms with Gasteiger partial charge in [-0.05, 0) is 23.8 Å². The number of hydrogen-bond acceptors (Lipinski definition) is 2. The van der Waals surface area contributed by atoms with Gasteiger partial charge in [-0.25, -0.2) is 4.98 Å². The van der Waals surface area contributed by atoms with Crippen molar-refractivity contribution in [3.05, 3.63) is 101 Å². The third-order valence-electron chi connectivity index (χ3n) is 4.04. The Morgan fingerprint density at radius 1 is 0.833 bits per heavy atom. The molecule has 0 radical (unpaired) electrons. The summed E-state index contributed by atoms with van der Waals surface area (Å²) in [6.45, 7) is 0. The fourth-order valence-electron chi connectivity index (χ4n) is 2.83. The molecular formula is C21H16N2O. The van der Waals surface area contributed by atoms with E-state index in [1.54, 1.807) is 0 Å². The van der Waals surface area contributed by atoms with E-state index in [9.17, 15) is 4.79 Å². The van der Waals surface area contributed by atoms with E-state index >= 15 is 0 Å². The molecule has 0 amide bonds. The summed E-state index contributed by atoms with van der Waals surface area (Å²) in [6, 6.07) is 25.2. The highest BCUT2D eigenvalue weighted by atomic mass is 16.1. The van der Waals surface area contributed by atoms with Crippen LogP contribution in [0.25, 0.3) is 11.0 Å². The number of carbonyl (C=O) groups excluding carboxylic acids is 1. The van der Waals surface area contributed by atoms with Crippen molar-refractivity contribution in [2.75, 3.05) is 0 Å². The molecular weight excluding hydrogens is 296 g/mol. The van der Waals surface area contributed by atoms with Crippen LogP contribution < -0.4 is 0 Å². The molecule has 4 rings (SSSR count). The first-order valence-electron chi connectivity index (χ1n) is 7.92. The number of imidazole rings is 1. The first kappa shape index (κ1) is 14.4. The zero-order valence-corrected chi connectivity index (χ0v) is 13.1. The molecule has 0 aliphatic rings. The van der Waals surface area contributed by atoms with E-state index in [0.717, 1.165) is 23.3 Å². The average Bonchev–Trinajstić information content (AvgIpc) is 3.04. The first-order valence-corrected chi connectivity index (χ1v) is 7.92. The number of aromatic nitrogens is 2. The molecule has 116 valence electrons. The Balaban J connectivity index is 1.65. The Kier molecular flexibility index (Phi) is 3.67. The fraction of sp³-hybridized carbons (Fsp3) is 0.0476. The number of fused-ring (bicyclic) bond motifs is 1. The van der Waals surface area contributed by atoms with Crippen LogP contribution in [0.1, 0.15) is 27.3 Å². The Bertz CT molecular complexity index is 988. The molecule has 0 atom stereocenters. The molecule has 1 aromatic heterocycles. The minimum atomic E-state index is 0.0247. The standard InChI is InChI=1S/C21H16N2O/c24-21(16-9-5-2-6-10-16)17-11-12-18-19(14-17)23-20(22-18)13-15-7-3-1-4-8-15/h1-12,14H,13H2,(H,22,23). The molecule has 0 fully saturated rings. The minimum absolute atomic E-state index is 0.0247. The number of nitrogens with zero attached hydrogens (tertiary/aromatic N) is 1. The summed E-state index contributed by atoms with van der Waals surface area (Å²) in [5.74, 6) is 0.928. The first-order chi connectivity index (χ1) is 11.8. The number of H-pyrrole nitrogens is 1. The van der Waals surface area contributed by atoms with Crippen LogP contribution in [0, 0.1) is 0 Å². The average molecular weight is 312 g/mol. The van der Waals surface area contributed by atoms with E-state index in [0.29, 0.717) is 11.1 Å². The number of benzene rings is 3. The van der Waals surface area contributed by atoms with Gasteiger partial charge in [0.2, 0.25) is 0 Å². The van der Waals surface area contributed by atoms with Gasteiger partial charge in [-0.3, -0.25) is 4.79 Å². The lowest BCUT2D eigenvalue weighted by Crippen LogP contribution is -2.00. The lowest BCUT2D eigenvalue weighted by Gasteiger charge is -2.00. The molecule has 0 saturated carbocycles. The quantitative estimate of drug-likeness (QED) is 0.568. The van der Waals surface area contributed by atoms with E-state index in [4.69, 9.17) is 0 Å². The molecule has 4 aromatic rings. The van der Waals surface area contributed by atoms with Crippen LogP contribution in [-0.4, -0.2) is 15.8 Å². The fourth-order valence-corrected chi connectivity index (χ4v) is 2.83. The SMILES string of the molecule is O=C(c1ccccc1)c1ccc2nc(Cc3ccccc3)[nH]c2c1. The summed E-state index contributed by atoms with van der Waals surface area (Å²) in [6.07, 6.45) is 0.748. The van der Waals surface area contributed by atoms with E-state index in [2.05, 4.69) is 22.1 Å². The van der Waals surface area contributed by atoms with Gasteiger partial charge >= 0.3 is 0 Å². The second kappa shape index (κ2) is 6.13. The molecule has 0 unspecified atom stereocenters. The van der Waals surface area contributed by atoms with Gasteiger partial charge in [0.1, 0.15) is 5.82 Å². The highest BCUT2D eigenvalue weighted by Gasteiger charge is 2.11. The normalized spacial score (nSPS) is 10.8. The van der Waals surface area contributed by atoms with Crippen molar-refractivity contribution in [3.8, 4) is 0 Å². The molecule has 1 N–H and O–H groups in total. The third-order valence-corrected chi connectivity index (χ3v) is 4.04. The van der Waals surface area contributed by atoms with Gasteiger partial charge in [-0.2, -0.15) is 0 Å². The number of carbonyl (C=O) groups is 1. The highest BCUT2D eigenvalue weighted by Crippen LogP contribution is 2.18. The van der Waals surface area contributed by atoms with Crippen molar-refractivity contribution in [2.24, 2.45) is 0 Å². The van der Waals surface area contributed by atoms with Gasteiger partial charge in [0.15, 0.2) is 5.78 Å². The summed E-state index contributed by atoms with van der Waals surface area (Å²) in [5, 5.41) is 0. The van der Waals surface area contributed by atoms with Crippen LogP contribution in [0.4, 0.5) is 0 Å². The maximum absolute atomic E-state index is 12.6. The number of aromatic amines is 1. The molecule has 1 heterocycles. The molecule has 0 saturated heterocycles. The predicted molar refractivity (Wildman–Crippen MR) is 95.2 cm³/mol. The van der Waals surface area contributed by atoms with E-state index in [-0.39, 0.29) is 5.78 Å². The zero-order chi connectivity index (χ0) is 16.4. The van der Waals surface area contributed by atoms with Gasteiger partial charge < -0.3 is 4.98 Å².